The molecule has 26 heavy (non-hydrogen) atoms. The minimum atomic E-state index is 0.0416. The van der Waals surface area contributed by atoms with Crippen molar-refractivity contribution in [1.82, 2.24) is 10.2 Å². The first-order valence-corrected chi connectivity index (χ1v) is 10.5. The summed E-state index contributed by atoms with van der Waals surface area (Å²) in [6.45, 7) is 0.596. The number of nitrogens with one attached hydrogen (secondary N) is 1. The van der Waals surface area contributed by atoms with Crippen LogP contribution in [0.1, 0.15) is 17.2 Å². The second-order valence-corrected chi connectivity index (χ2v) is 8.46. The normalized spacial score (nSPS) is 14.5. The number of thioether (sulfide) groups is 2. The second kappa shape index (κ2) is 9.26. The van der Waals surface area contributed by atoms with Crippen LogP contribution in [0, 0.1) is 0 Å². The third kappa shape index (κ3) is 5.13. The molecule has 4 nitrogen and oxygen atoms in total. The van der Waals surface area contributed by atoms with E-state index in [0.29, 0.717) is 12.3 Å². The van der Waals surface area contributed by atoms with Gasteiger partial charge in [0, 0.05) is 12.3 Å². The lowest BCUT2D eigenvalue weighted by Gasteiger charge is -2.25. The van der Waals surface area contributed by atoms with E-state index >= 15 is 0 Å². The summed E-state index contributed by atoms with van der Waals surface area (Å²) in [4.78, 5) is 19.0. The molecule has 0 saturated heterocycles. The summed E-state index contributed by atoms with van der Waals surface area (Å²) in [6, 6.07) is 18.6. The van der Waals surface area contributed by atoms with Gasteiger partial charge in [0.05, 0.1) is 17.5 Å². The van der Waals surface area contributed by atoms with Crippen molar-refractivity contribution >= 4 is 39.5 Å². The molecule has 1 aliphatic rings. The Morgan fingerprint density at radius 3 is 2.69 bits per heavy atom. The van der Waals surface area contributed by atoms with E-state index in [-0.39, 0.29) is 11.9 Å². The fourth-order valence-electron chi connectivity index (χ4n) is 2.75. The van der Waals surface area contributed by atoms with Gasteiger partial charge in [-0.1, -0.05) is 72.1 Å². The van der Waals surface area contributed by atoms with Crippen LogP contribution in [0.5, 0.6) is 0 Å². The lowest BCUT2D eigenvalue weighted by molar-refractivity contribution is -0.118. The largest absolute Gasteiger partial charge is 0.353 e. The number of benzene rings is 2. The zero-order chi connectivity index (χ0) is 18.4. The van der Waals surface area contributed by atoms with Crippen molar-refractivity contribution in [3.63, 3.8) is 0 Å². The Balaban J connectivity index is 1.51. The van der Waals surface area contributed by atoms with Gasteiger partial charge in [0.2, 0.25) is 5.91 Å². The molecule has 0 unspecified atom stereocenters. The van der Waals surface area contributed by atoms with E-state index in [1.54, 1.807) is 11.8 Å². The molecule has 0 bridgehead atoms. The summed E-state index contributed by atoms with van der Waals surface area (Å²) >= 11 is 3.21. The number of para-hydroxylation sites is 1. The average Bonchev–Trinajstić information content (AvgIpc) is 2.67. The quantitative estimate of drug-likeness (QED) is 0.814. The van der Waals surface area contributed by atoms with Gasteiger partial charge in [0.1, 0.15) is 4.38 Å². The molecule has 3 rings (SSSR count). The van der Waals surface area contributed by atoms with Crippen molar-refractivity contribution < 1.29 is 4.79 Å². The molecule has 2 aromatic rings. The molecule has 0 aromatic heterocycles. The van der Waals surface area contributed by atoms with Crippen molar-refractivity contribution in [2.24, 2.45) is 4.99 Å². The molecule has 1 atom stereocenters. The number of hydrogen-bond acceptors (Lipinski definition) is 5. The molecule has 0 radical (unpaired) electrons. The number of likely N-dealkylation sites (N-methyl/N-ethyl adjacent to an activating group) is 1. The SMILES string of the molecule is CN(C)[C@H](CNC(=O)CSC1=Nc2ccccc2CS1)c1ccccc1. The summed E-state index contributed by atoms with van der Waals surface area (Å²) in [5, 5.41) is 3.06. The minimum Gasteiger partial charge on any atom is -0.353 e. The number of aliphatic imine (C=N–C) groups is 1. The van der Waals surface area contributed by atoms with Crippen LogP contribution in [0.3, 0.4) is 0 Å². The number of rotatable bonds is 6. The summed E-state index contributed by atoms with van der Waals surface area (Å²) in [5.74, 6) is 1.35. The molecule has 0 saturated carbocycles. The van der Waals surface area contributed by atoms with Crippen molar-refractivity contribution in [1.29, 1.82) is 0 Å². The van der Waals surface area contributed by atoms with Crippen molar-refractivity contribution in [2.75, 3.05) is 26.4 Å². The maximum atomic E-state index is 12.3. The number of nitrogens with zero attached hydrogens (tertiary/aromatic N) is 2. The zero-order valence-corrected chi connectivity index (χ0v) is 16.6. The van der Waals surface area contributed by atoms with Gasteiger partial charge >= 0.3 is 0 Å². The molecule has 0 aliphatic carbocycles. The van der Waals surface area contributed by atoms with Crippen LogP contribution in [0.2, 0.25) is 0 Å². The predicted molar refractivity (Wildman–Crippen MR) is 113 cm³/mol. The van der Waals surface area contributed by atoms with E-state index in [0.717, 1.165) is 15.8 Å². The molecule has 1 heterocycles. The molecule has 2 aromatic carbocycles. The molecule has 1 aliphatic heterocycles. The fourth-order valence-corrected chi connectivity index (χ4v) is 4.64. The Bertz CT molecular complexity index is 778. The van der Waals surface area contributed by atoms with Gasteiger partial charge in [-0.3, -0.25) is 4.79 Å². The highest BCUT2D eigenvalue weighted by Gasteiger charge is 2.17. The van der Waals surface area contributed by atoms with Crippen LogP contribution in [-0.4, -0.2) is 41.6 Å². The molecule has 1 amide bonds. The number of carbonyl (C=O) groups is 1. The van der Waals surface area contributed by atoms with Crippen LogP contribution < -0.4 is 5.32 Å². The second-order valence-electron chi connectivity index (χ2n) is 6.28. The number of amides is 1. The Morgan fingerprint density at radius 1 is 1.19 bits per heavy atom. The van der Waals surface area contributed by atoms with E-state index in [1.807, 2.05) is 50.5 Å². The zero-order valence-electron chi connectivity index (χ0n) is 15.0. The third-order valence-corrected chi connectivity index (χ3v) is 6.43. The summed E-state index contributed by atoms with van der Waals surface area (Å²) in [5.41, 5.74) is 3.48. The number of hydrogen-bond donors (Lipinski definition) is 1. The monoisotopic (exact) mass is 385 g/mol. The molecule has 0 fully saturated rings. The van der Waals surface area contributed by atoms with Gasteiger partial charge in [0.25, 0.3) is 0 Å². The van der Waals surface area contributed by atoms with E-state index < -0.39 is 0 Å². The van der Waals surface area contributed by atoms with Gasteiger partial charge in [-0.15, -0.1) is 0 Å². The lowest BCUT2D eigenvalue weighted by atomic mass is 10.1. The molecule has 6 heteroatoms. The number of carbonyl (C=O) groups excluding carboxylic acids is 1. The van der Waals surface area contributed by atoms with E-state index in [9.17, 15) is 4.79 Å². The van der Waals surface area contributed by atoms with Gasteiger partial charge < -0.3 is 10.2 Å². The predicted octanol–water partition coefficient (Wildman–Crippen LogP) is 4.07. The maximum absolute atomic E-state index is 12.3. The molecule has 136 valence electrons. The fraction of sp³-hybridized carbons (Fsp3) is 0.300. The number of fused-ring (bicyclic) bond motifs is 1. The third-order valence-electron chi connectivity index (χ3n) is 4.18. The average molecular weight is 386 g/mol. The first kappa shape index (κ1) is 19.0. The summed E-state index contributed by atoms with van der Waals surface area (Å²) in [6.07, 6.45) is 0. The molecular weight excluding hydrogens is 362 g/mol. The van der Waals surface area contributed by atoms with Gasteiger partial charge in [-0.2, -0.15) is 0 Å². The highest BCUT2D eigenvalue weighted by molar-refractivity contribution is 8.38. The van der Waals surface area contributed by atoms with Crippen molar-refractivity contribution in [3.05, 3.63) is 65.7 Å². The van der Waals surface area contributed by atoms with Crippen molar-refractivity contribution in [3.8, 4) is 0 Å². The van der Waals surface area contributed by atoms with Gasteiger partial charge in [0.15, 0.2) is 0 Å². The van der Waals surface area contributed by atoms with Gasteiger partial charge in [-0.05, 0) is 31.3 Å². The van der Waals surface area contributed by atoms with Crippen LogP contribution in [0.4, 0.5) is 5.69 Å². The van der Waals surface area contributed by atoms with E-state index in [2.05, 4.69) is 33.4 Å². The van der Waals surface area contributed by atoms with Crippen LogP contribution in [-0.2, 0) is 10.5 Å². The topological polar surface area (TPSA) is 44.7 Å². The Morgan fingerprint density at radius 2 is 1.92 bits per heavy atom. The Hall–Kier alpha value is -1.76. The first-order chi connectivity index (χ1) is 12.6. The van der Waals surface area contributed by atoms with E-state index in [1.165, 1.54) is 22.9 Å². The van der Waals surface area contributed by atoms with Gasteiger partial charge in [-0.25, -0.2) is 4.99 Å². The Labute approximate surface area is 163 Å². The molecule has 0 spiro atoms. The van der Waals surface area contributed by atoms with Crippen LogP contribution in [0.25, 0.3) is 0 Å². The highest BCUT2D eigenvalue weighted by atomic mass is 32.2. The molecule has 1 N–H and O–H groups in total. The Kier molecular flexibility index (Phi) is 6.77. The summed E-state index contributed by atoms with van der Waals surface area (Å²) < 4.78 is 0.964. The minimum absolute atomic E-state index is 0.0416. The highest BCUT2D eigenvalue weighted by Crippen LogP contribution is 2.34. The summed E-state index contributed by atoms with van der Waals surface area (Å²) in [7, 11) is 4.06. The smallest absolute Gasteiger partial charge is 0.230 e. The van der Waals surface area contributed by atoms with E-state index in [4.69, 9.17) is 0 Å². The lowest BCUT2D eigenvalue weighted by Crippen LogP contribution is -2.35. The standard InChI is InChI=1S/C20H23N3OS2/c1-23(2)18(15-8-4-3-5-9-15)12-21-19(24)14-26-20-22-17-11-7-6-10-16(17)13-25-20/h3-11,18H,12-14H2,1-2H3,(H,21,24)/t18-/m1/s1. The molecular formula is C20H23N3OS2. The van der Waals surface area contributed by atoms with Crippen molar-refractivity contribution in [2.45, 2.75) is 11.8 Å². The van der Waals surface area contributed by atoms with Crippen LogP contribution in [0.15, 0.2) is 59.6 Å². The first-order valence-electron chi connectivity index (χ1n) is 8.54. The van der Waals surface area contributed by atoms with Crippen LogP contribution >= 0.6 is 23.5 Å². The maximum Gasteiger partial charge on any atom is 0.230 e.